The van der Waals surface area contributed by atoms with Gasteiger partial charge in [-0.15, -0.1) is 0 Å². The number of aryl methyl sites for hydroxylation is 1. The number of aromatic amines is 1. The molecule has 1 fully saturated rings. The van der Waals surface area contributed by atoms with Crippen molar-refractivity contribution in [2.75, 3.05) is 13.7 Å². The summed E-state index contributed by atoms with van der Waals surface area (Å²) in [6, 6.07) is 4.55. The Kier molecular flexibility index (Phi) is 4.81. The number of phosphoric acid groups is 1. The number of aromatic nitrogens is 2. The molecule has 2 aromatic rings. The second-order valence-electron chi connectivity index (χ2n) is 6.87. The molecule has 0 saturated carbocycles. The molecule has 12 nitrogen and oxygen atoms in total. The minimum atomic E-state index is -4.93. The first-order valence-corrected chi connectivity index (χ1v) is 10.5. The van der Waals surface area contributed by atoms with Gasteiger partial charge in [-0.05, 0) is 13.0 Å². The molecule has 0 aliphatic carbocycles. The predicted octanol–water partition coefficient (Wildman–Crippen LogP) is 0.504. The van der Waals surface area contributed by atoms with Crippen molar-refractivity contribution in [3.8, 4) is 11.5 Å². The molecule has 14 heteroatoms. The Morgan fingerprint density at radius 3 is 2.94 bits per heavy atom. The standard InChI is InChI=1S/C18H20FN2O10P/c1-9-6-21(17(25)20-15(9)24)16-12(22)14(23)18(19,30-16)8-29-32(26)28-7-10-4-3-5-11(27-2)13(10)31-32/h3-6,12,14,16,22-23H,7-8H2,1-2H3,(H,20,24,25)/t12-,14+,16-,18-,32?/m1/s1/i8D2,16D. The van der Waals surface area contributed by atoms with E-state index in [2.05, 4.69) is 0 Å². The largest absolute Gasteiger partial charge is 0.530 e. The molecular formula is C18H20FN2O10P. The molecule has 174 valence electrons. The fraction of sp³-hybridized carbons (Fsp3) is 0.444. The van der Waals surface area contributed by atoms with Crippen LogP contribution in [0.1, 0.15) is 21.4 Å². The SMILES string of the molecule is [2H]C([2H])(OP1(=O)OCc2cccc(OC)c2O1)[C@@]1(F)O[C@@]([2H])(n2cc(C)c(=O)[nH]c2=O)[C@H](O)[C@@H]1O. The predicted molar refractivity (Wildman–Crippen MR) is 104 cm³/mol. The van der Waals surface area contributed by atoms with E-state index in [-0.39, 0.29) is 21.6 Å². The van der Waals surface area contributed by atoms with E-state index < -0.39 is 56.5 Å². The highest BCUT2D eigenvalue weighted by atomic mass is 31.2. The van der Waals surface area contributed by atoms with E-state index in [0.717, 1.165) is 6.20 Å². The maximum atomic E-state index is 15.9. The smallest absolute Gasteiger partial charge is 0.493 e. The number of phosphoric ester groups is 1. The fourth-order valence-electron chi connectivity index (χ4n) is 3.00. The normalized spacial score (nSPS) is 35.8. The number of aliphatic hydroxyl groups is 2. The first-order chi connectivity index (χ1) is 16.2. The molecule has 32 heavy (non-hydrogen) atoms. The zero-order valence-corrected chi connectivity index (χ0v) is 17.5. The van der Waals surface area contributed by atoms with Gasteiger partial charge in [0.1, 0.15) is 18.8 Å². The van der Waals surface area contributed by atoms with Crippen molar-refractivity contribution in [2.24, 2.45) is 0 Å². The van der Waals surface area contributed by atoms with Crippen LogP contribution in [0.15, 0.2) is 34.0 Å². The molecule has 0 amide bonds. The molecule has 2 aliphatic rings. The van der Waals surface area contributed by atoms with Gasteiger partial charge in [0.25, 0.3) is 11.4 Å². The Labute approximate surface area is 183 Å². The summed E-state index contributed by atoms with van der Waals surface area (Å²) in [5.74, 6) is -4.11. The van der Waals surface area contributed by atoms with Gasteiger partial charge < -0.3 is 24.2 Å². The minimum absolute atomic E-state index is 0.0933. The number of rotatable bonds is 5. The van der Waals surface area contributed by atoms with Crippen molar-refractivity contribution >= 4 is 7.82 Å². The van der Waals surface area contributed by atoms with Crippen LogP contribution in [-0.4, -0.2) is 51.5 Å². The molecule has 1 saturated heterocycles. The van der Waals surface area contributed by atoms with E-state index in [1.54, 1.807) is 6.07 Å². The summed E-state index contributed by atoms with van der Waals surface area (Å²) in [6.45, 7) is -3.05. The molecule has 1 unspecified atom stereocenters. The van der Waals surface area contributed by atoms with Crippen LogP contribution in [0.3, 0.4) is 0 Å². The molecule has 5 atom stereocenters. The monoisotopic (exact) mass is 477 g/mol. The average molecular weight is 477 g/mol. The maximum Gasteiger partial charge on any atom is 0.530 e. The van der Waals surface area contributed by atoms with E-state index in [1.807, 2.05) is 4.98 Å². The summed E-state index contributed by atoms with van der Waals surface area (Å²) in [7, 11) is -3.65. The van der Waals surface area contributed by atoms with Gasteiger partial charge in [-0.25, -0.2) is 13.8 Å². The molecule has 3 N–H and O–H groups in total. The van der Waals surface area contributed by atoms with Gasteiger partial charge in [0.05, 0.1) is 17.8 Å². The van der Waals surface area contributed by atoms with Crippen molar-refractivity contribution in [2.45, 2.75) is 37.8 Å². The molecule has 3 heterocycles. The minimum Gasteiger partial charge on any atom is -0.493 e. The van der Waals surface area contributed by atoms with Crippen LogP contribution in [0, 0.1) is 6.92 Å². The molecule has 0 bridgehead atoms. The second kappa shape index (κ2) is 8.10. The molecule has 4 rings (SSSR count). The van der Waals surface area contributed by atoms with Gasteiger partial charge in [-0.3, -0.25) is 23.4 Å². The molecule has 1 aromatic carbocycles. The molecule has 0 radical (unpaired) electrons. The number of alkyl halides is 1. The van der Waals surface area contributed by atoms with Crippen LogP contribution in [0.5, 0.6) is 11.5 Å². The summed E-state index contributed by atoms with van der Waals surface area (Å²) < 4.78 is 78.3. The summed E-state index contributed by atoms with van der Waals surface area (Å²) in [4.78, 5) is 25.7. The average Bonchev–Trinajstić information content (AvgIpc) is 2.97. The van der Waals surface area contributed by atoms with Gasteiger partial charge in [-0.2, -0.15) is 0 Å². The summed E-state index contributed by atoms with van der Waals surface area (Å²) in [5.41, 5.74) is -1.94. The second-order valence-corrected chi connectivity index (χ2v) is 8.39. The first kappa shape index (κ1) is 19.0. The topological polar surface area (TPSA) is 159 Å². The van der Waals surface area contributed by atoms with Gasteiger partial charge >= 0.3 is 13.5 Å². The van der Waals surface area contributed by atoms with E-state index in [4.69, 9.17) is 27.2 Å². The van der Waals surface area contributed by atoms with E-state index in [1.165, 1.54) is 26.2 Å². The number of aliphatic hydroxyl groups excluding tert-OH is 2. The quantitative estimate of drug-likeness (QED) is 0.518. The number of nitrogens with one attached hydrogen (secondary N) is 1. The zero-order valence-electron chi connectivity index (χ0n) is 19.6. The van der Waals surface area contributed by atoms with Crippen molar-refractivity contribution in [1.82, 2.24) is 9.55 Å². The van der Waals surface area contributed by atoms with Crippen LogP contribution >= 0.6 is 7.82 Å². The first-order valence-electron chi connectivity index (χ1n) is 10.6. The lowest BCUT2D eigenvalue weighted by Gasteiger charge is -2.28. The third-order valence-corrected chi connectivity index (χ3v) is 5.87. The highest BCUT2D eigenvalue weighted by Gasteiger charge is 2.57. The highest BCUT2D eigenvalue weighted by Crippen LogP contribution is 2.57. The number of methoxy groups -OCH3 is 1. The number of fused-ring (bicyclic) bond motifs is 1. The van der Waals surface area contributed by atoms with Crippen molar-refractivity contribution < 1.29 is 46.3 Å². The van der Waals surface area contributed by atoms with Crippen molar-refractivity contribution in [3.63, 3.8) is 0 Å². The Hall–Kier alpha value is -2.54. The van der Waals surface area contributed by atoms with Gasteiger partial charge in [0.2, 0.25) is 0 Å². The lowest BCUT2D eigenvalue weighted by molar-refractivity contribution is -0.205. The molecular weight excluding hydrogens is 454 g/mol. The zero-order chi connectivity index (χ0) is 26.0. The number of benzene rings is 1. The van der Waals surface area contributed by atoms with Gasteiger partial charge in [-0.1, -0.05) is 12.1 Å². The number of H-pyrrole nitrogens is 1. The Morgan fingerprint density at radius 2 is 2.22 bits per heavy atom. The number of hydrogen-bond acceptors (Lipinski definition) is 10. The number of halogens is 1. The van der Waals surface area contributed by atoms with Crippen LogP contribution in [-0.2, 0) is 25.0 Å². The Morgan fingerprint density at radius 1 is 1.47 bits per heavy atom. The van der Waals surface area contributed by atoms with E-state index in [9.17, 15) is 24.4 Å². The lowest BCUT2D eigenvalue weighted by atomic mass is 10.1. The number of hydrogen-bond donors (Lipinski definition) is 3. The summed E-state index contributed by atoms with van der Waals surface area (Å²) >= 11 is 0. The maximum absolute atomic E-state index is 15.9. The number of ether oxygens (including phenoxy) is 2. The number of para-hydroxylation sites is 1. The third kappa shape index (κ3) is 3.87. The highest BCUT2D eigenvalue weighted by molar-refractivity contribution is 7.49. The fourth-order valence-corrected chi connectivity index (χ4v) is 4.11. The van der Waals surface area contributed by atoms with Gasteiger partial charge in [0.15, 0.2) is 17.7 Å². The van der Waals surface area contributed by atoms with Crippen LogP contribution in [0.25, 0.3) is 0 Å². The molecule has 0 spiro atoms. The van der Waals surface area contributed by atoms with Gasteiger partial charge in [0, 0.05) is 17.3 Å². The van der Waals surface area contributed by atoms with Crippen molar-refractivity contribution in [3.05, 3.63) is 56.4 Å². The third-order valence-electron chi connectivity index (χ3n) is 4.70. The Balaban J connectivity index is 1.69. The van der Waals surface area contributed by atoms with E-state index in [0.29, 0.717) is 5.56 Å². The number of nitrogens with zero attached hydrogens (tertiary/aromatic N) is 1. The lowest BCUT2D eigenvalue weighted by Crippen LogP contribution is -2.43. The van der Waals surface area contributed by atoms with Crippen LogP contribution < -0.4 is 20.5 Å². The summed E-state index contributed by atoms with van der Waals surface area (Å²) in [5, 5.41) is 20.7. The molecule has 1 aromatic heterocycles. The van der Waals surface area contributed by atoms with E-state index >= 15 is 4.39 Å². The summed E-state index contributed by atoms with van der Waals surface area (Å²) in [6.07, 6.45) is -7.84. The van der Waals surface area contributed by atoms with Crippen molar-refractivity contribution in [1.29, 1.82) is 0 Å². The Bertz CT molecular complexity index is 1320. The molecule has 2 aliphatic heterocycles. The van der Waals surface area contributed by atoms with Crippen LogP contribution in [0.4, 0.5) is 4.39 Å². The van der Waals surface area contributed by atoms with Crippen LogP contribution in [0.2, 0.25) is 0 Å².